The van der Waals surface area contributed by atoms with Gasteiger partial charge < -0.3 is 0 Å². The van der Waals surface area contributed by atoms with E-state index in [4.69, 9.17) is 0 Å². The number of ketones is 1. The van der Waals surface area contributed by atoms with Gasteiger partial charge in [0.1, 0.15) is 0 Å². The summed E-state index contributed by atoms with van der Waals surface area (Å²) in [5.41, 5.74) is 2.61. The zero-order valence-corrected chi connectivity index (χ0v) is 21.5. The zero-order valence-electron chi connectivity index (χ0n) is 20.7. The normalized spacial score (nSPS) is 21.1. The van der Waals surface area contributed by atoms with E-state index in [1.165, 1.54) is 11.3 Å². The number of alkyl halides is 3. The van der Waals surface area contributed by atoms with Gasteiger partial charge in [0, 0.05) is 61.4 Å². The summed E-state index contributed by atoms with van der Waals surface area (Å²) in [5, 5.41) is 6.09. The third-order valence-corrected chi connectivity index (χ3v) is 8.93. The van der Waals surface area contributed by atoms with Gasteiger partial charge in [0.15, 0.2) is 5.78 Å². The van der Waals surface area contributed by atoms with Gasteiger partial charge in [-0.15, -0.1) is 11.3 Å². The number of rotatable bonds is 8. The monoisotopic (exact) mass is 518 g/mol. The number of hydrogen-bond acceptors (Lipinski definition) is 5. The third kappa shape index (κ3) is 6.35. The van der Waals surface area contributed by atoms with Gasteiger partial charge in [-0.2, -0.15) is 18.3 Å². The minimum Gasteiger partial charge on any atom is -0.297 e. The molecule has 194 valence electrons. The van der Waals surface area contributed by atoms with Crippen molar-refractivity contribution in [1.29, 1.82) is 0 Å². The van der Waals surface area contributed by atoms with Gasteiger partial charge in [0.2, 0.25) is 0 Å². The Bertz CT molecular complexity index is 1210. The van der Waals surface area contributed by atoms with Gasteiger partial charge in [0.25, 0.3) is 0 Å². The molecule has 1 aromatic carbocycles. The summed E-state index contributed by atoms with van der Waals surface area (Å²) >= 11 is 1.46. The van der Waals surface area contributed by atoms with Crippen LogP contribution in [-0.4, -0.2) is 44.7 Å². The molecule has 3 heterocycles. The first kappa shape index (κ1) is 25.4. The molecule has 3 aromatic rings. The lowest BCUT2D eigenvalue weighted by Gasteiger charge is -2.31. The molecule has 1 aliphatic heterocycles. The number of fused-ring (bicyclic) bond motifs is 2. The lowest BCUT2D eigenvalue weighted by Crippen LogP contribution is -2.32. The van der Waals surface area contributed by atoms with Crippen molar-refractivity contribution in [2.24, 2.45) is 18.9 Å². The fourth-order valence-electron chi connectivity index (χ4n) is 5.64. The molecule has 5 nitrogen and oxygen atoms in total. The number of benzene rings is 1. The molecule has 1 saturated carbocycles. The van der Waals surface area contributed by atoms with Crippen molar-refractivity contribution in [3.05, 3.63) is 45.5 Å². The van der Waals surface area contributed by atoms with Crippen LogP contribution < -0.4 is 0 Å². The number of aryl methyl sites for hydroxylation is 2. The minimum absolute atomic E-state index is 0.00926. The van der Waals surface area contributed by atoms with Crippen molar-refractivity contribution in [2.45, 2.75) is 70.5 Å². The van der Waals surface area contributed by atoms with Crippen LogP contribution in [0.4, 0.5) is 13.2 Å². The highest BCUT2D eigenvalue weighted by Crippen LogP contribution is 2.34. The molecule has 1 aliphatic carbocycles. The van der Waals surface area contributed by atoms with E-state index in [-0.39, 0.29) is 12.2 Å². The molecule has 36 heavy (non-hydrogen) atoms. The van der Waals surface area contributed by atoms with Crippen LogP contribution in [0.25, 0.3) is 10.9 Å². The summed E-state index contributed by atoms with van der Waals surface area (Å²) in [6.45, 7) is 2.72. The summed E-state index contributed by atoms with van der Waals surface area (Å²) in [4.78, 5) is 21.0. The molecule has 0 spiro atoms. The maximum atomic E-state index is 12.9. The molecule has 0 amide bonds. The van der Waals surface area contributed by atoms with E-state index in [0.717, 1.165) is 85.2 Å². The van der Waals surface area contributed by atoms with Crippen LogP contribution in [0.15, 0.2) is 24.4 Å². The first-order chi connectivity index (χ1) is 17.2. The Kier molecular flexibility index (Phi) is 7.49. The lowest BCUT2D eigenvalue weighted by atomic mass is 9.78. The van der Waals surface area contributed by atoms with E-state index < -0.39 is 12.6 Å². The Hall–Kier alpha value is -2.26. The van der Waals surface area contributed by atoms with E-state index in [1.807, 2.05) is 31.4 Å². The largest absolute Gasteiger partial charge is 0.389 e. The molecule has 0 bridgehead atoms. The highest BCUT2D eigenvalue weighted by molar-refractivity contribution is 7.11. The number of thiazole rings is 1. The van der Waals surface area contributed by atoms with Gasteiger partial charge in [0.05, 0.1) is 16.2 Å². The SMILES string of the molecule is Cn1cc2ccc(C(=O)CC3CCC(CCN4CCc5sc(CCC(F)(F)F)nc5C4)CC3)cc2n1. The van der Waals surface area contributed by atoms with Crippen LogP contribution in [0.5, 0.6) is 0 Å². The summed E-state index contributed by atoms with van der Waals surface area (Å²) < 4.78 is 39.4. The second-order valence-corrected chi connectivity index (χ2v) is 11.7. The molecule has 1 fully saturated rings. The van der Waals surface area contributed by atoms with Gasteiger partial charge in [-0.05, 0) is 50.1 Å². The van der Waals surface area contributed by atoms with Crippen LogP contribution >= 0.6 is 11.3 Å². The number of carbonyl (C=O) groups excluding carboxylic acids is 1. The number of Topliss-reactive ketones (excluding diaryl/α,β-unsaturated/α-hetero) is 1. The molecule has 0 unspecified atom stereocenters. The number of carbonyl (C=O) groups is 1. The van der Waals surface area contributed by atoms with Crippen molar-refractivity contribution in [3.8, 4) is 0 Å². The van der Waals surface area contributed by atoms with E-state index in [9.17, 15) is 18.0 Å². The second-order valence-electron chi connectivity index (χ2n) is 10.5. The predicted octanol–water partition coefficient (Wildman–Crippen LogP) is 6.35. The molecule has 2 aliphatic rings. The average Bonchev–Trinajstić information content (AvgIpc) is 3.42. The number of halogens is 3. The quantitative estimate of drug-likeness (QED) is 0.326. The molecule has 0 N–H and O–H groups in total. The third-order valence-electron chi connectivity index (χ3n) is 7.71. The molecule has 0 atom stereocenters. The number of hydrogen-bond donors (Lipinski definition) is 0. The van der Waals surface area contributed by atoms with Crippen LogP contribution in [0, 0.1) is 11.8 Å². The maximum Gasteiger partial charge on any atom is 0.389 e. The highest BCUT2D eigenvalue weighted by atomic mass is 32.1. The van der Waals surface area contributed by atoms with Crippen molar-refractivity contribution in [2.75, 3.05) is 13.1 Å². The first-order valence-electron chi connectivity index (χ1n) is 12.9. The maximum absolute atomic E-state index is 12.9. The summed E-state index contributed by atoms with van der Waals surface area (Å²) in [5.74, 6) is 1.35. The van der Waals surface area contributed by atoms with Crippen LogP contribution in [0.3, 0.4) is 0 Å². The van der Waals surface area contributed by atoms with E-state index in [1.54, 1.807) is 4.68 Å². The Morgan fingerprint density at radius 2 is 1.94 bits per heavy atom. The van der Waals surface area contributed by atoms with Gasteiger partial charge in [-0.1, -0.05) is 25.0 Å². The zero-order chi connectivity index (χ0) is 25.3. The Balaban J connectivity index is 1.04. The molecular weight excluding hydrogens is 485 g/mol. The topological polar surface area (TPSA) is 51.0 Å². The van der Waals surface area contributed by atoms with Gasteiger partial charge in [-0.3, -0.25) is 14.4 Å². The fraction of sp³-hybridized carbons (Fsp3) is 0.593. The van der Waals surface area contributed by atoms with E-state index in [0.29, 0.717) is 23.3 Å². The molecule has 9 heteroatoms. The lowest BCUT2D eigenvalue weighted by molar-refractivity contribution is -0.134. The Morgan fingerprint density at radius 1 is 1.17 bits per heavy atom. The van der Waals surface area contributed by atoms with Crippen LogP contribution in [0.1, 0.15) is 70.9 Å². The molecule has 5 rings (SSSR count). The van der Waals surface area contributed by atoms with Crippen molar-refractivity contribution in [3.63, 3.8) is 0 Å². The number of aromatic nitrogens is 3. The predicted molar refractivity (Wildman–Crippen MR) is 135 cm³/mol. The number of nitrogens with zero attached hydrogens (tertiary/aromatic N) is 4. The first-order valence-corrected chi connectivity index (χ1v) is 13.8. The Morgan fingerprint density at radius 3 is 2.72 bits per heavy atom. The summed E-state index contributed by atoms with van der Waals surface area (Å²) in [7, 11) is 1.89. The summed E-state index contributed by atoms with van der Waals surface area (Å²) in [6, 6.07) is 5.81. The van der Waals surface area contributed by atoms with Crippen molar-refractivity contribution in [1.82, 2.24) is 19.7 Å². The van der Waals surface area contributed by atoms with E-state index in [2.05, 4.69) is 15.0 Å². The van der Waals surface area contributed by atoms with Gasteiger partial charge in [-0.25, -0.2) is 4.98 Å². The fourth-order valence-corrected chi connectivity index (χ4v) is 6.70. The smallest absolute Gasteiger partial charge is 0.297 e. The average molecular weight is 519 g/mol. The van der Waals surface area contributed by atoms with E-state index >= 15 is 0 Å². The van der Waals surface area contributed by atoms with Crippen LogP contribution in [-0.2, 0) is 26.4 Å². The van der Waals surface area contributed by atoms with Crippen molar-refractivity contribution >= 4 is 28.0 Å². The minimum atomic E-state index is -4.13. The molecule has 0 radical (unpaired) electrons. The Labute approximate surface area is 213 Å². The molecule has 2 aromatic heterocycles. The highest BCUT2D eigenvalue weighted by Gasteiger charge is 2.29. The standard InChI is InChI=1S/C27H33F3N4OS/c1-33-16-21-7-6-20(15-22(21)32-33)24(35)14-19-4-2-18(3-5-19)9-12-34-13-10-25-23(17-34)31-26(36-25)8-11-27(28,29)30/h6-7,15-16,18-19H,2-5,8-14,17H2,1H3. The van der Waals surface area contributed by atoms with Crippen molar-refractivity contribution < 1.29 is 18.0 Å². The molecule has 0 saturated heterocycles. The summed E-state index contributed by atoms with van der Waals surface area (Å²) in [6.07, 6.45) is 4.18. The molecular formula is C27H33F3N4OS. The van der Waals surface area contributed by atoms with Gasteiger partial charge >= 0.3 is 6.18 Å². The van der Waals surface area contributed by atoms with Crippen LogP contribution in [0.2, 0.25) is 0 Å². The second kappa shape index (κ2) is 10.6.